The molecule has 90 valence electrons. The minimum Gasteiger partial charge on any atom is -0.379 e. The summed E-state index contributed by atoms with van der Waals surface area (Å²) in [5, 5.41) is 5.79. The van der Waals surface area contributed by atoms with E-state index in [0.29, 0.717) is 25.2 Å². The zero-order valence-corrected chi connectivity index (χ0v) is 9.33. The van der Waals surface area contributed by atoms with E-state index in [9.17, 15) is 9.59 Å². The maximum absolute atomic E-state index is 11.6. The van der Waals surface area contributed by atoms with Gasteiger partial charge >= 0.3 is 6.03 Å². The third-order valence-electron chi connectivity index (χ3n) is 3.14. The molecule has 2 aliphatic rings. The first-order valence-electron chi connectivity index (χ1n) is 5.90. The standard InChI is InChI=1S/C11H18N2O3/c14-10-3-1-8(2-4-10)12-11(15)13-9-5-6-16-7-9/h8-9H,1-7H2,(H2,12,13,15). The van der Waals surface area contributed by atoms with Crippen molar-refractivity contribution >= 4 is 11.8 Å². The van der Waals surface area contributed by atoms with Crippen molar-refractivity contribution in [2.45, 2.75) is 44.2 Å². The Labute approximate surface area is 94.9 Å². The van der Waals surface area contributed by atoms with E-state index >= 15 is 0 Å². The van der Waals surface area contributed by atoms with Crippen molar-refractivity contribution in [1.29, 1.82) is 0 Å². The highest BCUT2D eigenvalue weighted by Gasteiger charge is 2.22. The van der Waals surface area contributed by atoms with Gasteiger partial charge in [-0.3, -0.25) is 4.79 Å². The summed E-state index contributed by atoms with van der Waals surface area (Å²) in [5.41, 5.74) is 0. The highest BCUT2D eigenvalue weighted by atomic mass is 16.5. The number of Topliss-reactive ketones (excluding diaryl/α,β-unsaturated/α-hetero) is 1. The van der Waals surface area contributed by atoms with E-state index in [1.54, 1.807) is 0 Å². The molecule has 1 saturated carbocycles. The Bertz CT molecular complexity index is 264. The quantitative estimate of drug-likeness (QED) is 0.724. The summed E-state index contributed by atoms with van der Waals surface area (Å²) in [4.78, 5) is 22.6. The molecule has 2 rings (SSSR count). The van der Waals surface area contributed by atoms with Crippen molar-refractivity contribution in [3.05, 3.63) is 0 Å². The molecule has 2 amide bonds. The van der Waals surface area contributed by atoms with Gasteiger partial charge in [-0.2, -0.15) is 0 Å². The van der Waals surface area contributed by atoms with Crippen LogP contribution in [0, 0.1) is 0 Å². The lowest BCUT2D eigenvalue weighted by Crippen LogP contribution is -2.47. The van der Waals surface area contributed by atoms with E-state index in [4.69, 9.17) is 4.74 Å². The molecule has 2 fully saturated rings. The van der Waals surface area contributed by atoms with Crippen LogP contribution < -0.4 is 10.6 Å². The molecule has 0 aromatic carbocycles. The molecule has 0 aromatic heterocycles. The molecule has 1 saturated heterocycles. The zero-order valence-electron chi connectivity index (χ0n) is 9.33. The van der Waals surface area contributed by atoms with Crippen LogP contribution in [0.25, 0.3) is 0 Å². The molecule has 1 heterocycles. The van der Waals surface area contributed by atoms with Crippen molar-refractivity contribution in [2.24, 2.45) is 0 Å². The number of ketones is 1. The van der Waals surface area contributed by atoms with E-state index < -0.39 is 0 Å². The van der Waals surface area contributed by atoms with Gasteiger partial charge in [-0.15, -0.1) is 0 Å². The largest absolute Gasteiger partial charge is 0.379 e. The molecule has 0 radical (unpaired) electrons. The first-order chi connectivity index (χ1) is 7.74. The lowest BCUT2D eigenvalue weighted by Gasteiger charge is -2.23. The van der Waals surface area contributed by atoms with Crippen LogP contribution in [0.15, 0.2) is 0 Å². The van der Waals surface area contributed by atoms with Crippen LogP contribution in [0.3, 0.4) is 0 Å². The Balaban J connectivity index is 1.68. The first kappa shape index (κ1) is 11.4. The predicted molar refractivity (Wildman–Crippen MR) is 58.2 cm³/mol. The van der Waals surface area contributed by atoms with Crippen molar-refractivity contribution in [1.82, 2.24) is 10.6 Å². The fourth-order valence-corrected chi connectivity index (χ4v) is 2.14. The van der Waals surface area contributed by atoms with Crippen LogP contribution in [-0.2, 0) is 9.53 Å². The maximum Gasteiger partial charge on any atom is 0.315 e. The van der Waals surface area contributed by atoms with Gasteiger partial charge in [0, 0.05) is 25.5 Å². The van der Waals surface area contributed by atoms with Gasteiger partial charge in [0.15, 0.2) is 0 Å². The molecular formula is C11H18N2O3. The van der Waals surface area contributed by atoms with E-state index in [1.807, 2.05) is 0 Å². The van der Waals surface area contributed by atoms with Crippen molar-refractivity contribution in [2.75, 3.05) is 13.2 Å². The van der Waals surface area contributed by atoms with Crippen LogP contribution in [0.1, 0.15) is 32.1 Å². The number of ether oxygens (including phenoxy) is 1. The minimum absolute atomic E-state index is 0.130. The van der Waals surface area contributed by atoms with Crippen molar-refractivity contribution in [3.8, 4) is 0 Å². The molecule has 2 N–H and O–H groups in total. The minimum atomic E-state index is -0.130. The number of rotatable bonds is 2. The SMILES string of the molecule is O=C1CCC(NC(=O)NC2CCOC2)CC1. The highest BCUT2D eigenvalue weighted by molar-refractivity contribution is 5.80. The molecule has 16 heavy (non-hydrogen) atoms. The summed E-state index contributed by atoms with van der Waals surface area (Å²) in [6, 6.07) is 0.167. The van der Waals surface area contributed by atoms with E-state index in [0.717, 1.165) is 25.9 Å². The molecule has 1 unspecified atom stereocenters. The van der Waals surface area contributed by atoms with E-state index in [-0.39, 0.29) is 18.1 Å². The second-order valence-corrected chi connectivity index (χ2v) is 4.49. The summed E-state index contributed by atoms with van der Waals surface area (Å²) < 4.78 is 5.17. The first-order valence-corrected chi connectivity index (χ1v) is 5.90. The second-order valence-electron chi connectivity index (χ2n) is 4.49. The number of amides is 2. The number of urea groups is 1. The number of nitrogens with one attached hydrogen (secondary N) is 2. The Hall–Kier alpha value is -1.10. The van der Waals surface area contributed by atoms with Gasteiger partial charge in [0.25, 0.3) is 0 Å². The summed E-state index contributed by atoms with van der Waals surface area (Å²) in [5.74, 6) is 0.308. The number of carbonyl (C=O) groups excluding carboxylic acids is 2. The number of hydrogen-bond donors (Lipinski definition) is 2. The maximum atomic E-state index is 11.6. The average Bonchev–Trinajstić information content (AvgIpc) is 2.74. The normalized spacial score (nSPS) is 26.8. The van der Waals surface area contributed by atoms with Crippen LogP contribution in [0.4, 0.5) is 4.79 Å². The van der Waals surface area contributed by atoms with Gasteiger partial charge in [-0.05, 0) is 19.3 Å². The average molecular weight is 226 g/mol. The summed E-state index contributed by atoms with van der Waals surface area (Å²) >= 11 is 0. The summed E-state index contributed by atoms with van der Waals surface area (Å²) in [6.45, 7) is 1.33. The van der Waals surface area contributed by atoms with Gasteiger partial charge in [-0.25, -0.2) is 4.79 Å². The topological polar surface area (TPSA) is 67.4 Å². The summed E-state index contributed by atoms with van der Waals surface area (Å²) in [7, 11) is 0. The molecule has 1 aliphatic heterocycles. The van der Waals surface area contributed by atoms with Gasteiger partial charge in [0.2, 0.25) is 0 Å². The molecule has 0 bridgehead atoms. The van der Waals surface area contributed by atoms with Crippen LogP contribution >= 0.6 is 0 Å². The molecule has 1 aliphatic carbocycles. The smallest absolute Gasteiger partial charge is 0.315 e. The third kappa shape index (κ3) is 3.20. The lowest BCUT2D eigenvalue weighted by molar-refractivity contribution is -0.120. The fourth-order valence-electron chi connectivity index (χ4n) is 2.14. The van der Waals surface area contributed by atoms with Gasteiger partial charge in [0.05, 0.1) is 12.6 Å². The van der Waals surface area contributed by atoms with Gasteiger partial charge in [0.1, 0.15) is 5.78 Å². The third-order valence-corrected chi connectivity index (χ3v) is 3.14. The molecular weight excluding hydrogens is 208 g/mol. The van der Waals surface area contributed by atoms with Crippen LogP contribution in [0.2, 0.25) is 0 Å². The van der Waals surface area contributed by atoms with Crippen molar-refractivity contribution in [3.63, 3.8) is 0 Å². The van der Waals surface area contributed by atoms with E-state index in [2.05, 4.69) is 10.6 Å². The summed E-state index contributed by atoms with van der Waals surface area (Å²) in [6.07, 6.45) is 3.62. The molecule has 0 spiro atoms. The van der Waals surface area contributed by atoms with E-state index in [1.165, 1.54) is 0 Å². The molecule has 5 heteroatoms. The predicted octanol–water partition coefficient (Wildman–Crippen LogP) is 0.586. The Morgan fingerprint density at radius 2 is 1.81 bits per heavy atom. The second kappa shape index (κ2) is 5.30. The monoisotopic (exact) mass is 226 g/mol. The number of hydrogen-bond acceptors (Lipinski definition) is 3. The van der Waals surface area contributed by atoms with Gasteiger partial charge < -0.3 is 15.4 Å². The zero-order chi connectivity index (χ0) is 11.4. The fraction of sp³-hybridized carbons (Fsp3) is 0.818. The highest BCUT2D eigenvalue weighted by Crippen LogP contribution is 2.14. The lowest BCUT2D eigenvalue weighted by atomic mass is 9.94. The van der Waals surface area contributed by atoms with Crippen molar-refractivity contribution < 1.29 is 14.3 Å². The Kier molecular flexibility index (Phi) is 3.77. The van der Waals surface area contributed by atoms with Crippen LogP contribution in [-0.4, -0.2) is 37.1 Å². The Morgan fingerprint density at radius 3 is 2.44 bits per heavy atom. The van der Waals surface area contributed by atoms with Crippen LogP contribution in [0.5, 0.6) is 0 Å². The van der Waals surface area contributed by atoms with Gasteiger partial charge in [-0.1, -0.05) is 0 Å². The number of carbonyl (C=O) groups is 2. The molecule has 0 aromatic rings. The molecule has 1 atom stereocenters. The molecule has 5 nitrogen and oxygen atoms in total. The Morgan fingerprint density at radius 1 is 1.12 bits per heavy atom.